The van der Waals surface area contributed by atoms with E-state index >= 15 is 0 Å². The Balaban J connectivity index is 2.37. The second kappa shape index (κ2) is 6.18. The number of benzene rings is 1. The van der Waals surface area contributed by atoms with Crippen molar-refractivity contribution in [2.24, 2.45) is 0 Å². The molecule has 0 saturated carbocycles. The second-order valence-corrected chi connectivity index (χ2v) is 4.25. The minimum Gasteiger partial charge on any atom is -0.461 e. The molecule has 0 amide bonds. The molecule has 0 atom stereocenters. The summed E-state index contributed by atoms with van der Waals surface area (Å²) in [6.45, 7) is 4.22. The summed E-state index contributed by atoms with van der Waals surface area (Å²) in [4.78, 5) is 19.5. The lowest BCUT2D eigenvalue weighted by molar-refractivity contribution is 0.0519. The van der Waals surface area contributed by atoms with Gasteiger partial charge in [-0.05, 0) is 13.3 Å². The molecule has 4 heteroatoms. The maximum atomic E-state index is 11.9. The number of aromatic amines is 1. The highest BCUT2D eigenvalue weighted by molar-refractivity contribution is 5.89. The highest BCUT2D eigenvalue weighted by atomic mass is 16.5. The van der Waals surface area contributed by atoms with E-state index in [0.29, 0.717) is 18.1 Å². The van der Waals surface area contributed by atoms with Gasteiger partial charge in [-0.1, -0.05) is 43.7 Å². The van der Waals surface area contributed by atoms with Crippen LogP contribution in [0, 0.1) is 0 Å². The van der Waals surface area contributed by atoms with Gasteiger partial charge in [-0.25, -0.2) is 9.78 Å². The van der Waals surface area contributed by atoms with Gasteiger partial charge in [-0.3, -0.25) is 0 Å². The Kier molecular flexibility index (Phi) is 4.34. The van der Waals surface area contributed by atoms with Crippen molar-refractivity contribution >= 4 is 5.97 Å². The number of rotatable bonds is 5. The topological polar surface area (TPSA) is 55.0 Å². The number of imidazole rings is 1. The van der Waals surface area contributed by atoms with E-state index in [2.05, 4.69) is 16.9 Å². The summed E-state index contributed by atoms with van der Waals surface area (Å²) in [6.07, 6.45) is 1.73. The van der Waals surface area contributed by atoms with Crippen molar-refractivity contribution < 1.29 is 9.53 Å². The molecule has 0 fully saturated rings. The number of hydrogen-bond donors (Lipinski definition) is 1. The van der Waals surface area contributed by atoms with Gasteiger partial charge in [0.05, 0.1) is 6.61 Å². The first-order valence-corrected chi connectivity index (χ1v) is 6.57. The molecule has 2 aromatic rings. The molecule has 1 aromatic carbocycles. The number of nitrogens with one attached hydrogen (secondary N) is 1. The molecular weight excluding hydrogens is 240 g/mol. The third kappa shape index (κ3) is 3.02. The van der Waals surface area contributed by atoms with Gasteiger partial charge < -0.3 is 9.72 Å². The molecule has 0 aliphatic heterocycles. The Morgan fingerprint density at radius 2 is 2.00 bits per heavy atom. The standard InChI is InChI=1S/C15H18N2O2/c1-3-8-12-13(15(18)19-4-2)17-14(16-12)11-9-6-5-7-10-11/h5-7,9-10H,3-4,8H2,1-2H3,(H,16,17). The fourth-order valence-corrected chi connectivity index (χ4v) is 1.94. The molecule has 0 radical (unpaired) electrons. The summed E-state index contributed by atoms with van der Waals surface area (Å²) < 4.78 is 5.04. The predicted octanol–water partition coefficient (Wildman–Crippen LogP) is 3.21. The van der Waals surface area contributed by atoms with Gasteiger partial charge in [0.15, 0.2) is 5.69 Å². The van der Waals surface area contributed by atoms with Crippen LogP contribution in [0.25, 0.3) is 11.4 Å². The molecule has 1 N–H and O–H groups in total. The SMILES string of the molecule is CCCc1[nH]c(-c2ccccc2)nc1C(=O)OCC. The summed E-state index contributed by atoms with van der Waals surface area (Å²) >= 11 is 0. The minimum absolute atomic E-state index is 0.357. The van der Waals surface area contributed by atoms with E-state index in [1.165, 1.54) is 0 Å². The van der Waals surface area contributed by atoms with Crippen molar-refractivity contribution in [3.8, 4) is 11.4 Å². The third-order valence-electron chi connectivity index (χ3n) is 2.79. The van der Waals surface area contributed by atoms with E-state index in [0.717, 1.165) is 24.1 Å². The fourth-order valence-electron chi connectivity index (χ4n) is 1.94. The lowest BCUT2D eigenvalue weighted by atomic mass is 10.2. The van der Waals surface area contributed by atoms with Crippen LogP contribution in [0.2, 0.25) is 0 Å². The highest BCUT2D eigenvalue weighted by Crippen LogP contribution is 2.19. The van der Waals surface area contributed by atoms with Crippen LogP contribution in [0.4, 0.5) is 0 Å². The number of hydrogen-bond acceptors (Lipinski definition) is 3. The Morgan fingerprint density at radius 3 is 2.63 bits per heavy atom. The molecule has 4 nitrogen and oxygen atoms in total. The Bertz CT molecular complexity index is 547. The first kappa shape index (κ1) is 13.3. The van der Waals surface area contributed by atoms with Gasteiger partial charge in [-0.2, -0.15) is 0 Å². The summed E-state index contributed by atoms with van der Waals surface area (Å²) in [6, 6.07) is 9.77. The van der Waals surface area contributed by atoms with E-state index < -0.39 is 0 Å². The number of ether oxygens (including phenoxy) is 1. The number of carbonyl (C=O) groups is 1. The van der Waals surface area contributed by atoms with E-state index in [4.69, 9.17) is 4.74 Å². The molecule has 19 heavy (non-hydrogen) atoms. The number of carbonyl (C=O) groups excluding carboxylic acids is 1. The van der Waals surface area contributed by atoms with Crippen LogP contribution in [-0.2, 0) is 11.2 Å². The van der Waals surface area contributed by atoms with Crippen molar-refractivity contribution in [2.45, 2.75) is 26.7 Å². The van der Waals surface area contributed by atoms with Crippen LogP contribution in [0.15, 0.2) is 30.3 Å². The van der Waals surface area contributed by atoms with Gasteiger partial charge in [0.25, 0.3) is 0 Å². The monoisotopic (exact) mass is 258 g/mol. The van der Waals surface area contributed by atoms with E-state index in [9.17, 15) is 4.79 Å². The molecule has 0 bridgehead atoms. The summed E-state index contributed by atoms with van der Waals surface area (Å²) in [5.41, 5.74) is 2.22. The van der Waals surface area contributed by atoms with Gasteiger partial charge in [0.2, 0.25) is 0 Å². The average molecular weight is 258 g/mol. The van der Waals surface area contributed by atoms with Crippen LogP contribution in [0.5, 0.6) is 0 Å². The zero-order chi connectivity index (χ0) is 13.7. The van der Waals surface area contributed by atoms with Gasteiger partial charge in [-0.15, -0.1) is 0 Å². The van der Waals surface area contributed by atoms with Crippen LogP contribution >= 0.6 is 0 Å². The van der Waals surface area contributed by atoms with E-state index in [1.54, 1.807) is 6.92 Å². The molecule has 0 saturated heterocycles. The fraction of sp³-hybridized carbons (Fsp3) is 0.333. The largest absolute Gasteiger partial charge is 0.461 e. The van der Waals surface area contributed by atoms with Gasteiger partial charge >= 0.3 is 5.97 Å². The quantitative estimate of drug-likeness (QED) is 0.838. The number of aromatic nitrogens is 2. The summed E-state index contributed by atoms with van der Waals surface area (Å²) in [7, 11) is 0. The van der Waals surface area contributed by atoms with Gasteiger partial charge in [0.1, 0.15) is 5.82 Å². The third-order valence-corrected chi connectivity index (χ3v) is 2.79. The summed E-state index contributed by atoms with van der Waals surface area (Å²) in [5.74, 6) is 0.358. The molecule has 100 valence electrons. The molecule has 2 rings (SSSR count). The number of aryl methyl sites for hydroxylation is 1. The van der Waals surface area contributed by atoms with Crippen molar-refractivity contribution in [1.82, 2.24) is 9.97 Å². The first-order valence-electron chi connectivity index (χ1n) is 6.57. The predicted molar refractivity (Wildman–Crippen MR) is 74.0 cm³/mol. The Morgan fingerprint density at radius 1 is 1.26 bits per heavy atom. The summed E-state index contributed by atoms with van der Waals surface area (Å²) in [5, 5.41) is 0. The molecule has 0 aliphatic carbocycles. The van der Waals surface area contributed by atoms with Crippen molar-refractivity contribution in [1.29, 1.82) is 0 Å². The average Bonchev–Trinajstić information content (AvgIpc) is 2.85. The zero-order valence-corrected chi connectivity index (χ0v) is 11.3. The maximum Gasteiger partial charge on any atom is 0.358 e. The van der Waals surface area contributed by atoms with Crippen molar-refractivity contribution in [3.63, 3.8) is 0 Å². The van der Waals surface area contributed by atoms with E-state index in [-0.39, 0.29) is 5.97 Å². The number of nitrogens with zero attached hydrogens (tertiary/aromatic N) is 1. The van der Waals surface area contributed by atoms with Crippen molar-refractivity contribution in [3.05, 3.63) is 41.7 Å². The molecule has 1 heterocycles. The zero-order valence-electron chi connectivity index (χ0n) is 11.3. The number of H-pyrrole nitrogens is 1. The van der Waals surface area contributed by atoms with E-state index in [1.807, 2.05) is 30.3 Å². The highest BCUT2D eigenvalue weighted by Gasteiger charge is 2.18. The maximum absolute atomic E-state index is 11.9. The van der Waals surface area contributed by atoms with Crippen LogP contribution in [0.3, 0.4) is 0 Å². The number of esters is 1. The smallest absolute Gasteiger partial charge is 0.358 e. The van der Waals surface area contributed by atoms with Gasteiger partial charge in [0, 0.05) is 11.3 Å². The second-order valence-electron chi connectivity index (χ2n) is 4.25. The van der Waals surface area contributed by atoms with Crippen LogP contribution in [-0.4, -0.2) is 22.5 Å². The lowest BCUT2D eigenvalue weighted by Gasteiger charge is -2.00. The first-order chi connectivity index (χ1) is 9.26. The minimum atomic E-state index is -0.357. The molecule has 0 unspecified atom stereocenters. The molecule has 0 aliphatic rings. The molecule has 1 aromatic heterocycles. The Hall–Kier alpha value is -2.10. The van der Waals surface area contributed by atoms with Crippen molar-refractivity contribution in [2.75, 3.05) is 6.61 Å². The van der Waals surface area contributed by atoms with Crippen LogP contribution < -0.4 is 0 Å². The lowest BCUT2D eigenvalue weighted by Crippen LogP contribution is -2.08. The molecule has 0 spiro atoms. The normalized spacial score (nSPS) is 10.4. The molecular formula is C15H18N2O2. The Labute approximate surface area is 112 Å². The van der Waals surface area contributed by atoms with Crippen LogP contribution in [0.1, 0.15) is 36.5 Å².